The third-order valence-corrected chi connectivity index (χ3v) is 2.78. The normalized spacial score (nSPS) is 13.4. The average Bonchev–Trinajstić information content (AvgIpc) is 2.26. The van der Waals surface area contributed by atoms with Crippen molar-refractivity contribution in [2.24, 2.45) is 0 Å². The highest BCUT2D eigenvalue weighted by molar-refractivity contribution is 5.66. The zero-order valence-electron chi connectivity index (χ0n) is 11.0. The Morgan fingerprint density at radius 2 is 2.21 bits per heavy atom. The van der Waals surface area contributed by atoms with Crippen molar-refractivity contribution >= 4 is 11.7 Å². The van der Waals surface area contributed by atoms with Crippen LogP contribution >= 0.6 is 0 Å². The SMILES string of the molecule is Cc1cc(F)cc(NC(C)(C#N)CCCC(=O)O)c1. The van der Waals surface area contributed by atoms with E-state index in [-0.39, 0.29) is 12.2 Å². The number of anilines is 1. The van der Waals surface area contributed by atoms with Crippen LogP contribution in [0.3, 0.4) is 0 Å². The zero-order valence-corrected chi connectivity index (χ0v) is 11.0. The molecule has 1 unspecified atom stereocenters. The maximum atomic E-state index is 13.3. The van der Waals surface area contributed by atoms with Gasteiger partial charge in [-0.3, -0.25) is 4.79 Å². The number of benzene rings is 1. The highest BCUT2D eigenvalue weighted by atomic mass is 19.1. The lowest BCUT2D eigenvalue weighted by Gasteiger charge is -2.24. The number of hydrogen-bond acceptors (Lipinski definition) is 3. The first-order chi connectivity index (χ1) is 8.84. The van der Waals surface area contributed by atoms with Crippen LogP contribution in [0.2, 0.25) is 0 Å². The first-order valence-corrected chi connectivity index (χ1v) is 6.03. The van der Waals surface area contributed by atoms with Crippen LogP contribution < -0.4 is 5.32 Å². The average molecular weight is 264 g/mol. The highest BCUT2D eigenvalue weighted by Gasteiger charge is 2.23. The maximum absolute atomic E-state index is 13.3. The molecule has 5 heteroatoms. The molecule has 0 radical (unpaired) electrons. The van der Waals surface area contributed by atoms with Crippen molar-refractivity contribution in [1.82, 2.24) is 0 Å². The van der Waals surface area contributed by atoms with Gasteiger partial charge in [0.15, 0.2) is 0 Å². The van der Waals surface area contributed by atoms with E-state index in [9.17, 15) is 14.4 Å². The summed E-state index contributed by atoms with van der Waals surface area (Å²) < 4.78 is 13.3. The van der Waals surface area contributed by atoms with Gasteiger partial charge in [-0.25, -0.2) is 4.39 Å². The number of halogens is 1. The fraction of sp³-hybridized carbons (Fsp3) is 0.429. The number of rotatable bonds is 6. The summed E-state index contributed by atoms with van der Waals surface area (Å²) in [7, 11) is 0. The van der Waals surface area contributed by atoms with E-state index in [4.69, 9.17) is 5.11 Å². The zero-order chi connectivity index (χ0) is 14.5. The van der Waals surface area contributed by atoms with E-state index in [1.54, 1.807) is 19.9 Å². The Bertz CT molecular complexity index is 490. The van der Waals surface area contributed by atoms with Crippen LogP contribution in [-0.4, -0.2) is 16.6 Å². The van der Waals surface area contributed by atoms with Gasteiger partial charge in [0.25, 0.3) is 0 Å². The fourth-order valence-corrected chi connectivity index (χ4v) is 1.87. The van der Waals surface area contributed by atoms with E-state index in [2.05, 4.69) is 11.4 Å². The molecule has 0 heterocycles. The second-order valence-corrected chi connectivity index (χ2v) is 4.83. The first-order valence-electron chi connectivity index (χ1n) is 6.03. The van der Waals surface area contributed by atoms with Crippen molar-refractivity contribution < 1.29 is 14.3 Å². The van der Waals surface area contributed by atoms with E-state index in [1.165, 1.54) is 12.1 Å². The number of aliphatic carboxylic acids is 1. The Kier molecular flexibility index (Phi) is 4.87. The molecule has 0 aliphatic carbocycles. The summed E-state index contributed by atoms with van der Waals surface area (Å²) in [5.41, 5.74) is 0.376. The van der Waals surface area contributed by atoms with Crippen LogP contribution in [0.1, 0.15) is 31.7 Å². The van der Waals surface area contributed by atoms with Gasteiger partial charge in [0.05, 0.1) is 6.07 Å². The van der Waals surface area contributed by atoms with Crippen molar-refractivity contribution in [2.45, 2.75) is 38.6 Å². The highest BCUT2D eigenvalue weighted by Crippen LogP contribution is 2.22. The van der Waals surface area contributed by atoms with Crippen LogP contribution in [0.4, 0.5) is 10.1 Å². The predicted molar refractivity (Wildman–Crippen MR) is 70.3 cm³/mol. The number of carboxylic acids is 1. The van der Waals surface area contributed by atoms with E-state index in [0.717, 1.165) is 5.56 Å². The van der Waals surface area contributed by atoms with Gasteiger partial charge < -0.3 is 10.4 Å². The molecule has 0 aromatic heterocycles. The molecule has 0 aliphatic heterocycles. The molecule has 0 bridgehead atoms. The summed E-state index contributed by atoms with van der Waals surface area (Å²) in [6.45, 7) is 3.44. The smallest absolute Gasteiger partial charge is 0.303 e. The third-order valence-electron chi connectivity index (χ3n) is 2.78. The van der Waals surface area contributed by atoms with Gasteiger partial charge in [-0.05, 0) is 50.5 Å². The minimum atomic E-state index is -0.907. The first kappa shape index (κ1) is 15.0. The van der Waals surface area contributed by atoms with Crippen LogP contribution in [0.5, 0.6) is 0 Å². The Morgan fingerprint density at radius 3 is 2.74 bits per heavy atom. The second-order valence-electron chi connectivity index (χ2n) is 4.83. The van der Waals surface area contributed by atoms with E-state index in [1.807, 2.05) is 0 Å². The van der Waals surface area contributed by atoms with Crippen LogP contribution in [0.15, 0.2) is 18.2 Å². The van der Waals surface area contributed by atoms with E-state index < -0.39 is 11.5 Å². The maximum Gasteiger partial charge on any atom is 0.303 e. The molecule has 0 spiro atoms. The van der Waals surface area contributed by atoms with Crippen molar-refractivity contribution in [2.75, 3.05) is 5.32 Å². The lowest BCUT2D eigenvalue weighted by molar-refractivity contribution is -0.137. The topological polar surface area (TPSA) is 73.1 Å². The summed E-state index contributed by atoms with van der Waals surface area (Å²) in [6.07, 6.45) is 0.785. The van der Waals surface area contributed by atoms with Crippen LogP contribution in [0, 0.1) is 24.1 Å². The minimum Gasteiger partial charge on any atom is -0.481 e. The molecule has 1 aromatic rings. The van der Waals surface area contributed by atoms with Crippen molar-refractivity contribution in [3.8, 4) is 6.07 Å². The van der Waals surface area contributed by atoms with Crippen molar-refractivity contribution in [1.29, 1.82) is 5.26 Å². The number of hydrogen-bond donors (Lipinski definition) is 2. The molecular weight excluding hydrogens is 247 g/mol. The van der Waals surface area contributed by atoms with Gasteiger partial charge in [-0.15, -0.1) is 0 Å². The standard InChI is InChI=1S/C14H17FN2O2/c1-10-6-11(15)8-12(7-10)17-14(2,9-16)5-3-4-13(18)19/h6-8,17H,3-5H2,1-2H3,(H,18,19). The second kappa shape index (κ2) is 6.19. The molecule has 0 saturated carbocycles. The number of nitrogens with zero attached hydrogens (tertiary/aromatic N) is 1. The number of nitriles is 1. The molecule has 19 heavy (non-hydrogen) atoms. The lowest BCUT2D eigenvalue weighted by Crippen LogP contribution is -2.33. The number of carboxylic acid groups (broad SMARTS) is 1. The largest absolute Gasteiger partial charge is 0.481 e. The number of aryl methyl sites for hydroxylation is 1. The number of nitrogens with one attached hydrogen (secondary N) is 1. The molecule has 2 N–H and O–H groups in total. The molecule has 0 amide bonds. The fourth-order valence-electron chi connectivity index (χ4n) is 1.87. The van der Waals surface area contributed by atoms with Crippen LogP contribution in [0.25, 0.3) is 0 Å². The molecule has 1 rings (SSSR count). The van der Waals surface area contributed by atoms with Gasteiger partial charge >= 0.3 is 5.97 Å². The minimum absolute atomic E-state index is 0.0150. The van der Waals surface area contributed by atoms with Crippen molar-refractivity contribution in [3.63, 3.8) is 0 Å². The summed E-state index contributed by atoms with van der Waals surface area (Å²) in [5, 5.41) is 20.8. The van der Waals surface area contributed by atoms with Gasteiger partial charge in [0, 0.05) is 12.1 Å². The summed E-state index contributed by atoms with van der Waals surface area (Å²) >= 11 is 0. The Morgan fingerprint density at radius 1 is 1.53 bits per heavy atom. The summed E-state index contributed by atoms with van der Waals surface area (Å²) in [4.78, 5) is 10.5. The molecule has 4 nitrogen and oxygen atoms in total. The monoisotopic (exact) mass is 264 g/mol. The predicted octanol–water partition coefficient (Wildman–Crippen LogP) is 3.08. The quantitative estimate of drug-likeness (QED) is 0.828. The van der Waals surface area contributed by atoms with Gasteiger partial charge in [-0.2, -0.15) is 5.26 Å². The molecule has 1 aromatic carbocycles. The Labute approximate surface area is 111 Å². The third kappa shape index (κ3) is 4.96. The Balaban J connectivity index is 2.74. The molecule has 102 valence electrons. The van der Waals surface area contributed by atoms with Crippen LogP contribution in [-0.2, 0) is 4.79 Å². The lowest BCUT2D eigenvalue weighted by atomic mass is 9.96. The van der Waals surface area contributed by atoms with E-state index in [0.29, 0.717) is 18.5 Å². The summed E-state index contributed by atoms with van der Waals surface area (Å²) in [5.74, 6) is -1.25. The molecule has 0 fully saturated rings. The number of carbonyl (C=O) groups is 1. The Hall–Kier alpha value is -2.09. The molecular formula is C14H17FN2O2. The molecule has 0 saturated heterocycles. The molecule has 0 aliphatic rings. The molecule has 1 atom stereocenters. The van der Waals surface area contributed by atoms with E-state index >= 15 is 0 Å². The van der Waals surface area contributed by atoms with Gasteiger partial charge in [0.2, 0.25) is 0 Å². The van der Waals surface area contributed by atoms with Gasteiger partial charge in [-0.1, -0.05) is 0 Å². The van der Waals surface area contributed by atoms with Crippen molar-refractivity contribution in [3.05, 3.63) is 29.6 Å². The summed E-state index contributed by atoms with van der Waals surface area (Å²) in [6, 6.07) is 6.58. The van der Waals surface area contributed by atoms with Gasteiger partial charge in [0.1, 0.15) is 11.4 Å².